The molecule has 21 heavy (non-hydrogen) atoms. The van der Waals surface area contributed by atoms with Crippen molar-refractivity contribution in [2.45, 2.75) is 18.4 Å². The first-order valence-electron chi connectivity index (χ1n) is 6.11. The van der Waals surface area contributed by atoms with Gasteiger partial charge in [-0.1, -0.05) is 12.1 Å². The summed E-state index contributed by atoms with van der Waals surface area (Å²) in [6, 6.07) is 10.4. The zero-order valence-corrected chi connectivity index (χ0v) is 15.2. The van der Waals surface area contributed by atoms with Gasteiger partial charge in [-0.15, -0.1) is 0 Å². The van der Waals surface area contributed by atoms with Gasteiger partial charge in [0, 0.05) is 15.5 Å². The van der Waals surface area contributed by atoms with E-state index in [1.807, 2.05) is 19.1 Å². The van der Waals surface area contributed by atoms with Gasteiger partial charge in [0.15, 0.2) is 0 Å². The van der Waals surface area contributed by atoms with Crippen LogP contribution < -0.4 is 10.5 Å². The standard InChI is InChI=1S/C14H14Br2N2O2S/c1-9-2-5-13(12(16)6-9)18-21(19,20)14-7-10(8-17)3-4-11(14)15/h2-7,18H,8,17H2,1H3. The SMILES string of the molecule is Cc1ccc(NS(=O)(=O)c2cc(CN)ccc2Br)c(Br)c1. The first-order valence-corrected chi connectivity index (χ1v) is 9.18. The maximum atomic E-state index is 12.5. The monoisotopic (exact) mass is 432 g/mol. The second kappa shape index (κ2) is 6.48. The molecular weight excluding hydrogens is 420 g/mol. The van der Waals surface area contributed by atoms with Crippen molar-refractivity contribution in [1.29, 1.82) is 0 Å². The van der Waals surface area contributed by atoms with Crippen molar-refractivity contribution >= 4 is 47.6 Å². The van der Waals surface area contributed by atoms with E-state index in [0.29, 0.717) is 14.6 Å². The highest BCUT2D eigenvalue weighted by Gasteiger charge is 2.19. The molecule has 0 bridgehead atoms. The fourth-order valence-electron chi connectivity index (χ4n) is 1.78. The zero-order chi connectivity index (χ0) is 15.6. The van der Waals surface area contributed by atoms with E-state index in [-0.39, 0.29) is 11.4 Å². The van der Waals surface area contributed by atoms with Crippen LogP contribution in [0.5, 0.6) is 0 Å². The summed E-state index contributed by atoms with van der Waals surface area (Å²) in [6.45, 7) is 2.22. The van der Waals surface area contributed by atoms with Gasteiger partial charge in [-0.25, -0.2) is 8.42 Å². The van der Waals surface area contributed by atoms with Crippen molar-refractivity contribution < 1.29 is 8.42 Å². The van der Waals surface area contributed by atoms with Gasteiger partial charge in [0.25, 0.3) is 10.0 Å². The fraction of sp³-hybridized carbons (Fsp3) is 0.143. The third-order valence-electron chi connectivity index (χ3n) is 2.89. The van der Waals surface area contributed by atoms with Gasteiger partial charge in [0.05, 0.1) is 5.69 Å². The molecule has 0 saturated heterocycles. The summed E-state index contributed by atoms with van der Waals surface area (Å²) in [5, 5.41) is 0. The maximum Gasteiger partial charge on any atom is 0.263 e. The Kier molecular flexibility index (Phi) is 5.08. The maximum absolute atomic E-state index is 12.5. The predicted molar refractivity (Wildman–Crippen MR) is 91.7 cm³/mol. The van der Waals surface area contributed by atoms with Crippen LogP contribution >= 0.6 is 31.9 Å². The van der Waals surface area contributed by atoms with Gasteiger partial charge < -0.3 is 5.73 Å². The third kappa shape index (κ3) is 3.85. The minimum atomic E-state index is -3.69. The number of rotatable bonds is 4. The van der Waals surface area contributed by atoms with Crippen LogP contribution in [0.25, 0.3) is 0 Å². The minimum absolute atomic E-state index is 0.165. The smallest absolute Gasteiger partial charge is 0.263 e. The molecule has 4 nitrogen and oxygen atoms in total. The van der Waals surface area contributed by atoms with E-state index in [0.717, 1.165) is 11.1 Å². The number of benzene rings is 2. The van der Waals surface area contributed by atoms with E-state index in [2.05, 4.69) is 36.6 Å². The van der Waals surface area contributed by atoms with Crippen molar-refractivity contribution in [1.82, 2.24) is 0 Å². The number of halogens is 2. The molecule has 0 heterocycles. The van der Waals surface area contributed by atoms with Crippen LogP contribution in [0.3, 0.4) is 0 Å². The summed E-state index contributed by atoms with van der Waals surface area (Å²) in [4.78, 5) is 0.165. The van der Waals surface area contributed by atoms with Crippen LogP contribution in [0.4, 0.5) is 5.69 Å². The molecule has 0 aromatic heterocycles. The van der Waals surface area contributed by atoms with Crippen molar-refractivity contribution in [3.8, 4) is 0 Å². The van der Waals surface area contributed by atoms with E-state index in [1.165, 1.54) is 0 Å². The van der Waals surface area contributed by atoms with E-state index in [9.17, 15) is 8.42 Å². The molecule has 3 N–H and O–H groups in total. The Bertz CT molecular complexity index is 777. The summed E-state index contributed by atoms with van der Waals surface area (Å²) in [6.07, 6.45) is 0. The van der Waals surface area contributed by atoms with Crippen LogP contribution in [0.1, 0.15) is 11.1 Å². The average molecular weight is 434 g/mol. The van der Waals surface area contributed by atoms with Crippen molar-refractivity contribution in [3.05, 3.63) is 56.5 Å². The molecule has 0 aliphatic rings. The molecule has 0 saturated carbocycles. The molecule has 0 aliphatic heterocycles. The molecule has 2 rings (SSSR count). The van der Waals surface area contributed by atoms with Crippen LogP contribution in [0, 0.1) is 6.92 Å². The van der Waals surface area contributed by atoms with E-state index in [1.54, 1.807) is 24.3 Å². The van der Waals surface area contributed by atoms with Gasteiger partial charge in [-0.05, 0) is 74.2 Å². The van der Waals surface area contributed by atoms with Gasteiger partial charge >= 0.3 is 0 Å². The lowest BCUT2D eigenvalue weighted by Gasteiger charge is -2.12. The normalized spacial score (nSPS) is 11.4. The first kappa shape index (κ1) is 16.5. The van der Waals surface area contributed by atoms with Crippen LogP contribution in [-0.4, -0.2) is 8.42 Å². The zero-order valence-electron chi connectivity index (χ0n) is 11.2. The lowest BCUT2D eigenvalue weighted by Crippen LogP contribution is -2.14. The van der Waals surface area contributed by atoms with E-state index < -0.39 is 10.0 Å². The Labute approximate surface area is 141 Å². The molecule has 2 aromatic rings. The number of sulfonamides is 1. The van der Waals surface area contributed by atoms with Gasteiger partial charge in [0.2, 0.25) is 0 Å². The second-order valence-corrected chi connectivity index (χ2v) is 7.92. The summed E-state index contributed by atoms with van der Waals surface area (Å²) < 4.78 is 28.8. The Morgan fingerprint density at radius 3 is 2.43 bits per heavy atom. The van der Waals surface area contributed by atoms with Crippen molar-refractivity contribution in [3.63, 3.8) is 0 Å². The number of nitrogens with two attached hydrogens (primary N) is 1. The molecule has 7 heteroatoms. The van der Waals surface area contributed by atoms with Crippen molar-refractivity contribution in [2.24, 2.45) is 5.73 Å². The lowest BCUT2D eigenvalue weighted by molar-refractivity contribution is 0.600. The molecule has 0 atom stereocenters. The molecule has 0 spiro atoms. The first-order chi connectivity index (χ1) is 9.83. The Balaban J connectivity index is 2.43. The van der Waals surface area contributed by atoms with E-state index >= 15 is 0 Å². The highest BCUT2D eigenvalue weighted by atomic mass is 79.9. The van der Waals surface area contributed by atoms with Crippen LogP contribution in [0.15, 0.2) is 50.2 Å². The lowest BCUT2D eigenvalue weighted by atomic mass is 10.2. The number of hydrogen-bond donors (Lipinski definition) is 2. The molecular formula is C14H14Br2N2O2S. The minimum Gasteiger partial charge on any atom is -0.326 e. The van der Waals surface area contributed by atoms with Crippen molar-refractivity contribution in [2.75, 3.05) is 4.72 Å². The number of aryl methyl sites for hydroxylation is 1. The fourth-order valence-corrected chi connectivity index (χ4v) is 4.60. The second-order valence-electron chi connectivity index (χ2n) is 4.56. The largest absolute Gasteiger partial charge is 0.326 e. The Morgan fingerprint density at radius 1 is 1.10 bits per heavy atom. The highest BCUT2D eigenvalue weighted by molar-refractivity contribution is 9.11. The third-order valence-corrected chi connectivity index (χ3v) is 5.91. The number of nitrogens with one attached hydrogen (secondary N) is 1. The molecule has 112 valence electrons. The summed E-state index contributed by atoms with van der Waals surface area (Å²) >= 11 is 6.63. The average Bonchev–Trinajstić information content (AvgIpc) is 2.42. The molecule has 2 aromatic carbocycles. The molecule has 0 unspecified atom stereocenters. The van der Waals surface area contributed by atoms with Crippen LogP contribution in [0.2, 0.25) is 0 Å². The summed E-state index contributed by atoms with van der Waals surface area (Å²) in [7, 11) is -3.69. The predicted octanol–water partition coefficient (Wildman–Crippen LogP) is 3.78. The molecule has 0 amide bonds. The quantitative estimate of drug-likeness (QED) is 0.770. The van der Waals surface area contributed by atoms with Gasteiger partial charge in [-0.3, -0.25) is 4.72 Å². The van der Waals surface area contributed by atoms with E-state index in [4.69, 9.17) is 5.73 Å². The Hall–Kier alpha value is -0.890. The topological polar surface area (TPSA) is 72.2 Å². The van der Waals surface area contributed by atoms with Gasteiger partial charge in [0.1, 0.15) is 4.90 Å². The molecule has 0 fully saturated rings. The van der Waals surface area contributed by atoms with Crippen LogP contribution in [-0.2, 0) is 16.6 Å². The summed E-state index contributed by atoms with van der Waals surface area (Å²) in [5.74, 6) is 0. The highest BCUT2D eigenvalue weighted by Crippen LogP contribution is 2.29. The Morgan fingerprint density at radius 2 is 1.81 bits per heavy atom. The van der Waals surface area contributed by atoms with Gasteiger partial charge in [-0.2, -0.15) is 0 Å². The summed E-state index contributed by atoms with van der Waals surface area (Å²) in [5.41, 5.74) is 7.85. The molecule has 0 aliphatic carbocycles. The number of hydrogen-bond acceptors (Lipinski definition) is 3. The molecule has 0 radical (unpaired) electrons. The number of anilines is 1.